The fraction of sp³-hybridized carbons (Fsp3) is 0.217. The molecule has 11 heteroatoms. The minimum absolute atomic E-state index is 0.0112. The number of carbonyl (C=O) groups is 1. The Labute approximate surface area is 200 Å². The topological polar surface area (TPSA) is 70.6 Å². The highest BCUT2D eigenvalue weighted by Crippen LogP contribution is 2.29. The number of amides is 1. The van der Waals surface area contributed by atoms with Gasteiger partial charge in [-0.15, -0.1) is 0 Å². The van der Waals surface area contributed by atoms with Crippen LogP contribution in [0.5, 0.6) is 0 Å². The number of benzene rings is 2. The number of halogens is 4. The highest BCUT2D eigenvalue weighted by Gasteiger charge is 2.32. The van der Waals surface area contributed by atoms with Gasteiger partial charge >= 0.3 is 6.18 Å². The molecule has 1 aromatic heterocycles. The monoisotopic (exact) mass is 511 g/mol. The Morgan fingerprint density at radius 1 is 1.00 bits per heavy atom. The summed E-state index contributed by atoms with van der Waals surface area (Å²) in [4.78, 5) is 16.3. The minimum Gasteiger partial charge on any atom is -0.311 e. The molecule has 0 N–H and O–H groups in total. The van der Waals surface area contributed by atoms with Crippen molar-refractivity contribution < 1.29 is 26.4 Å². The Morgan fingerprint density at radius 3 is 2.18 bits per heavy atom. The highest BCUT2D eigenvalue weighted by molar-refractivity contribution is 7.92. The molecular formula is C23H21ClF3N3O3S. The SMILES string of the molecule is Cc1cccc(CN(c2ccc(N(C=O)Cc3ccc(C(F)(F)F)nc3)cc2)S(C)(=O)=O)c1Cl. The Morgan fingerprint density at radius 2 is 1.65 bits per heavy atom. The first-order valence-corrected chi connectivity index (χ1v) is 12.2. The molecule has 0 radical (unpaired) electrons. The van der Waals surface area contributed by atoms with Crippen molar-refractivity contribution in [2.75, 3.05) is 15.5 Å². The van der Waals surface area contributed by atoms with Gasteiger partial charge in [-0.1, -0.05) is 35.9 Å². The van der Waals surface area contributed by atoms with Gasteiger partial charge < -0.3 is 4.90 Å². The van der Waals surface area contributed by atoms with Gasteiger partial charge in [-0.2, -0.15) is 13.2 Å². The third-order valence-corrected chi connectivity index (χ3v) is 6.73. The van der Waals surface area contributed by atoms with Crippen LogP contribution in [0.1, 0.15) is 22.4 Å². The summed E-state index contributed by atoms with van der Waals surface area (Å²) < 4.78 is 64.2. The average Bonchev–Trinajstić information content (AvgIpc) is 2.77. The minimum atomic E-state index is -4.55. The maximum absolute atomic E-state index is 12.7. The van der Waals surface area contributed by atoms with Crippen LogP contribution < -0.4 is 9.21 Å². The maximum atomic E-state index is 12.7. The number of nitrogens with zero attached hydrogens (tertiary/aromatic N) is 3. The lowest BCUT2D eigenvalue weighted by atomic mass is 10.1. The Bertz CT molecular complexity index is 1270. The molecule has 0 atom stereocenters. The van der Waals surface area contributed by atoms with Crippen LogP contribution in [-0.2, 0) is 34.1 Å². The van der Waals surface area contributed by atoms with Crippen LogP contribution in [0.3, 0.4) is 0 Å². The molecule has 3 aromatic rings. The number of alkyl halides is 3. The van der Waals surface area contributed by atoms with Gasteiger partial charge in [0.1, 0.15) is 5.69 Å². The predicted octanol–water partition coefficient (Wildman–Crippen LogP) is 5.19. The highest BCUT2D eigenvalue weighted by atomic mass is 35.5. The molecule has 0 saturated carbocycles. The smallest absolute Gasteiger partial charge is 0.311 e. The van der Waals surface area contributed by atoms with E-state index in [4.69, 9.17) is 11.6 Å². The summed E-state index contributed by atoms with van der Waals surface area (Å²) in [6.45, 7) is 1.83. The van der Waals surface area contributed by atoms with Crippen LogP contribution in [0.15, 0.2) is 60.8 Å². The summed E-state index contributed by atoms with van der Waals surface area (Å²) in [6.07, 6.45) is -1.87. The van der Waals surface area contributed by atoms with Crippen molar-refractivity contribution in [3.63, 3.8) is 0 Å². The Hall–Kier alpha value is -3.11. The van der Waals surface area contributed by atoms with Gasteiger partial charge in [0.25, 0.3) is 0 Å². The number of hydrogen-bond acceptors (Lipinski definition) is 4. The van der Waals surface area contributed by atoms with Gasteiger partial charge in [0, 0.05) is 16.9 Å². The van der Waals surface area contributed by atoms with Crippen molar-refractivity contribution in [1.82, 2.24) is 4.98 Å². The molecular weight excluding hydrogens is 491 g/mol. The molecule has 0 bridgehead atoms. The summed E-state index contributed by atoms with van der Waals surface area (Å²) in [5.74, 6) is 0. The van der Waals surface area contributed by atoms with Gasteiger partial charge in [0.2, 0.25) is 16.4 Å². The molecule has 0 fully saturated rings. The lowest BCUT2D eigenvalue weighted by Crippen LogP contribution is -2.29. The van der Waals surface area contributed by atoms with Crippen molar-refractivity contribution in [2.24, 2.45) is 0 Å². The molecule has 1 amide bonds. The van der Waals surface area contributed by atoms with E-state index in [1.54, 1.807) is 36.4 Å². The van der Waals surface area contributed by atoms with E-state index in [0.29, 0.717) is 33.9 Å². The molecule has 2 aromatic carbocycles. The summed E-state index contributed by atoms with van der Waals surface area (Å²) in [7, 11) is -3.66. The van der Waals surface area contributed by atoms with Crippen LogP contribution in [0.25, 0.3) is 0 Å². The third-order valence-electron chi connectivity index (χ3n) is 5.05. The molecule has 1 heterocycles. The molecule has 0 unspecified atom stereocenters. The first kappa shape index (κ1) is 25.5. The lowest BCUT2D eigenvalue weighted by Gasteiger charge is -2.24. The molecule has 0 spiro atoms. The van der Waals surface area contributed by atoms with Crippen molar-refractivity contribution in [3.8, 4) is 0 Å². The fourth-order valence-corrected chi connectivity index (χ4v) is 4.33. The van der Waals surface area contributed by atoms with E-state index in [9.17, 15) is 26.4 Å². The molecule has 0 saturated heterocycles. The van der Waals surface area contributed by atoms with E-state index in [-0.39, 0.29) is 13.1 Å². The maximum Gasteiger partial charge on any atom is 0.433 e. The number of sulfonamides is 1. The number of carbonyl (C=O) groups excluding carboxylic acids is 1. The van der Waals surface area contributed by atoms with E-state index >= 15 is 0 Å². The van der Waals surface area contributed by atoms with Crippen molar-refractivity contribution in [2.45, 2.75) is 26.2 Å². The summed E-state index contributed by atoms with van der Waals surface area (Å²) in [5, 5.41) is 0.477. The second kappa shape index (κ2) is 10.0. The lowest BCUT2D eigenvalue weighted by molar-refractivity contribution is -0.141. The van der Waals surface area contributed by atoms with Gasteiger partial charge in [0.15, 0.2) is 0 Å². The predicted molar refractivity (Wildman–Crippen MR) is 125 cm³/mol. The molecule has 180 valence electrons. The van der Waals surface area contributed by atoms with Crippen molar-refractivity contribution >= 4 is 39.4 Å². The largest absolute Gasteiger partial charge is 0.433 e. The molecule has 34 heavy (non-hydrogen) atoms. The van der Waals surface area contributed by atoms with Crippen LogP contribution in [-0.4, -0.2) is 26.1 Å². The summed E-state index contributed by atoms with van der Waals surface area (Å²) in [6, 6.07) is 13.6. The van der Waals surface area contributed by atoms with E-state index < -0.39 is 21.9 Å². The zero-order chi connectivity index (χ0) is 25.1. The molecule has 0 aliphatic heterocycles. The third kappa shape index (κ3) is 6.06. The van der Waals surface area contributed by atoms with E-state index in [0.717, 1.165) is 24.1 Å². The quantitative estimate of drug-likeness (QED) is 0.390. The van der Waals surface area contributed by atoms with Crippen molar-refractivity contribution in [1.29, 1.82) is 0 Å². The second-order valence-corrected chi connectivity index (χ2v) is 9.90. The van der Waals surface area contributed by atoms with E-state index in [1.807, 2.05) is 13.0 Å². The Kier molecular flexibility index (Phi) is 7.52. The van der Waals surface area contributed by atoms with Gasteiger partial charge in [-0.3, -0.25) is 14.1 Å². The van der Waals surface area contributed by atoms with E-state index in [1.165, 1.54) is 15.3 Å². The molecule has 6 nitrogen and oxygen atoms in total. The normalized spacial score (nSPS) is 11.8. The Balaban J connectivity index is 1.83. The van der Waals surface area contributed by atoms with Crippen LogP contribution in [0.2, 0.25) is 5.02 Å². The average molecular weight is 512 g/mol. The van der Waals surface area contributed by atoms with Gasteiger partial charge in [-0.25, -0.2) is 8.42 Å². The standard InChI is InChI=1S/C23H21ClF3N3O3S/c1-16-4-3-5-18(22(16)24)14-30(34(2,32)33)20-9-7-19(8-10-20)29(15-31)13-17-6-11-21(28-12-17)23(25,26)27/h3-12,15H,13-14H2,1-2H3. The molecule has 3 rings (SSSR count). The number of hydrogen-bond donors (Lipinski definition) is 0. The van der Waals surface area contributed by atoms with Crippen LogP contribution in [0.4, 0.5) is 24.5 Å². The molecule has 0 aliphatic carbocycles. The molecule has 0 aliphatic rings. The van der Waals surface area contributed by atoms with Crippen molar-refractivity contribution in [3.05, 3.63) is 88.2 Å². The number of anilines is 2. The fourth-order valence-electron chi connectivity index (χ4n) is 3.27. The first-order valence-electron chi connectivity index (χ1n) is 9.96. The summed E-state index contributed by atoms with van der Waals surface area (Å²) in [5.41, 5.74) is 1.64. The zero-order valence-corrected chi connectivity index (χ0v) is 19.8. The van der Waals surface area contributed by atoms with Crippen LogP contribution in [0, 0.1) is 6.92 Å². The number of rotatable bonds is 8. The summed E-state index contributed by atoms with van der Waals surface area (Å²) >= 11 is 6.34. The van der Waals surface area contributed by atoms with E-state index in [2.05, 4.69) is 4.98 Å². The van der Waals surface area contributed by atoms with Gasteiger partial charge in [0.05, 0.1) is 25.0 Å². The first-order chi connectivity index (χ1) is 15.9. The zero-order valence-electron chi connectivity index (χ0n) is 18.3. The second-order valence-electron chi connectivity index (χ2n) is 7.62. The van der Waals surface area contributed by atoms with Gasteiger partial charge in [-0.05, 0) is 53.9 Å². The number of pyridine rings is 1. The van der Waals surface area contributed by atoms with Crippen LogP contribution >= 0.6 is 11.6 Å². The number of aromatic nitrogens is 1. The number of aryl methyl sites for hydroxylation is 1.